The highest BCUT2D eigenvalue weighted by atomic mass is 32.2. The summed E-state index contributed by atoms with van der Waals surface area (Å²) in [6.45, 7) is 9.34. The Morgan fingerprint density at radius 1 is 0.958 bits per heavy atom. The molecule has 130 valence electrons. The Morgan fingerprint density at radius 2 is 1.46 bits per heavy atom. The van der Waals surface area contributed by atoms with Crippen molar-refractivity contribution in [1.29, 1.82) is 0 Å². The van der Waals surface area contributed by atoms with Gasteiger partial charge in [0.05, 0.1) is 4.90 Å². The van der Waals surface area contributed by atoms with Crippen LogP contribution in [0.2, 0.25) is 0 Å². The molecule has 0 aliphatic heterocycles. The molecule has 0 saturated carbocycles. The molecular formula is C17H23N3O3S. The third-order valence-corrected chi connectivity index (χ3v) is 6.20. The number of hydrogen-bond acceptors (Lipinski definition) is 3. The first-order chi connectivity index (χ1) is 11.1. The van der Waals surface area contributed by atoms with Crippen molar-refractivity contribution in [3.05, 3.63) is 51.8 Å². The normalized spacial score (nSPS) is 11.6. The lowest BCUT2D eigenvalue weighted by atomic mass is 9.95. The van der Waals surface area contributed by atoms with E-state index in [9.17, 15) is 13.2 Å². The number of carbonyl (C=O) groups is 1. The van der Waals surface area contributed by atoms with Gasteiger partial charge in [-0.25, -0.2) is 8.42 Å². The van der Waals surface area contributed by atoms with Crippen LogP contribution in [-0.2, 0) is 17.1 Å². The molecule has 0 aliphatic rings. The number of rotatable bonds is 4. The first-order valence-electron chi connectivity index (χ1n) is 7.58. The van der Waals surface area contributed by atoms with E-state index in [1.807, 2.05) is 20.8 Å². The predicted octanol–water partition coefficient (Wildman–Crippen LogP) is 2.19. The quantitative estimate of drug-likeness (QED) is 0.831. The lowest BCUT2D eigenvalue weighted by molar-refractivity contribution is 0.0937. The summed E-state index contributed by atoms with van der Waals surface area (Å²) in [5, 5.41) is 0. The second kappa shape index (κ2) is 6.41. The fraction of sp³-hybridized carbons (Fsp3) is 0.353. The number of sulfonamides is 1. The molecule has 0 fully saturated rings. The zero-order valence-corrected chi connectivity index (χ0v) is 15.6. The highest BCUT2D eigenvalue weighted by Gasteiger charge is 2.24. The van der Waals surface area contributed by atoms with Crippen LogP contribution in [0.15, 0.2) is 23.2 Å². The predicted molar refractivity (Wildman–Crippen MR) is 93.3 cm³/mol. The van der Waals surface area contributed by atoms with Crippen LogP contribution in [0.5, 0.6) is 0 Å². The van der Waals surface area contributed by atoms with Gasteiger partial charge < -0.3 is 4.57 Å². The number of nitrogens with one attached hydrogen (secondary N) is 2. The number of aromatic nitrogens is 1. The molecule has 0 bridgehead atoms. The molecule has 0 radical (unpaired) electrons. The SMILES string of the molecule is Cc1c(C)c(C)c(S(=O)(=O)NNC(=O)c2cccn2C)c(C)c1C. The summed E-state index contributed by atoms with van der Waals surface area (Å²) in [5.74, 6) is -0.512. The fourth-order valence-electron chi connectivity index (χ4n) is 2.79. The highest BCUT2D eigenvalue weighted by molar-refractivity contribution is 7.89. The molecule has 1 amide bonds. The topological polar surface area (TPSA) is 80.2 Å². The number of hydrazine groups is 1. The molecular weight excluding hydrogens is 326 g/mol. The van der Waals surface area contributed by atoms with E-state index in [0.717, 1.165) is 16.7 Å². The molecule has 0 saturated heterocycles. The van der Waals surface area contributed by atoms with Crippen molar-refractivity contribution >= 4 is 15.9 Å². The first-order valence-corrected chi connectivity index (χ1v) is 9.06. The molecule has 2 aromatic rings. The molecule has 24 heavy (non-hydrogen) atoms. The summed E-state index contributed by atoms with van der Waals surface area (Å²) in [6.07, 6.45) is 1.71. The Labute approximate surface area is 142 Å². The van der Waals surface area contributed by atoms with Gasteiger partial charge in [-0.1, -0.05) is 0 Å². The maximum Gasteiger partial charge on any atom is 0.282 e. The monoisotopic (exact) mass is 349 g/mol. The number of amides is 1. The van der Waals surface area contributed by atoms with Gasteiger partial charge in [0.1, 0.15) is 5.69 Å². The van der Waals surface area contributed by atoms with E-state index in [1.54, 1.807) is 43.8 Å². The molecule has 1 aromatic carbocycles. The Balaban J connectivity index is 2.36. The number of hydrogen-bond donors (Lipinski definition) is 2. The van der Waals surface area contributed by atoms with Gasteiger partial charge in [-0.05, 0) is 74.6 Å². The van der Waals surface area contributed by atoms with Crippen LogP contribution >= 0.6 is 0 Å². The second-order valence-corrected chi connectivity index (χ2v) is 7.64. The summed E-state index contributed by atoms with van der Waals surface area (Å²) >= 11 is 0. The van der Waals surface area contributed by atoms with Gasteiger partial charge in [-0.15, -0.1) is 4.83 Å². The van der Waals surface area contributed by atoms with E-state index >= 15 is 0 Å². The Kier molecular flexibility index (Phi) is 4.87. The lowest BCUT2D eigenvalue weighted by Crippen LogP contribution is -2.42. The van der Waals surface area contributed by atoms with Crippen LogP contribution in [0, 0.1) is 34.6 Å². The van der Waals surface area contributed by atoms with Crippen molar-refractivity contribution in [1.82, 2.24) is 14.8 Å². The van der Waals surface area contributed by atoms with Gasteiger partial charge >= 0.3 is 0 Å². The van der Waals surface area contributed by atoms with E-state index < -0.39 is 15.9 Å². The van der Waals surface area contributed by atoms with E-state index in [1.165, 1.54) is 0 Å². The molecule has 0 spiro atoms. The maximum atomic E-state index is 12.7. The molecule has 2 rings (SSSR count). The highest BCUT2D eigenvalue weighted by Crippen LogP contribution is 2.29. The van der Waals surface area contributed by atoms with Crippen LogP contribution in [0.3, 0.4) is 0 Å². The Bertz CT molecular complexity index is 882. The molecule has 6 nitrogen and oxygen atoms in total. The number of carbonyl (C=O) groups excluding carboxylic acids is 1. The van der Waals surface area contributed by atoms with E-state index in [-0.39, 0.29) is 4.90 Å². The smallest absolute Gasteiger partial charge is 0.282 e. The van der Waals surface area contributed by atoms with Crippen molar-refractivity contribution < 1.29 is 13.2 Å². The number of benzene rings is 1. The van der Waals surface area contributed by atoms with E-state index in [4.69, 9.17) is 0 Å². The van der Waals surface area contributed by atoms with Gasteiger partial charge in [0.15, 0.2) is 0 Å². The van der Waals surface area contributed by atoms with Crippen LogP contribution < -0.4 is 10.3 Å². The van der Waals surface area contributed by atoms with Crippen LogP contribution in [0.1, 0.15) is 38.3 Å². The van der Waals surface area contributed by atoms with Gasteiger partial charge in [0.25, 0.3) is 15.9 Å². The average Bonchev–Trinajstić information content (AvgIpc) is 2.95. The minimum Gasteiger partial charge on any atom is -0.347 e. The third-order valence-electron chi connectivity index (χ3n) is 4.68. The second-order valence-electron chi connectivity index (χ2n) is 6.02. The number of aryl methyl sites for hydroxylation is 1. The summed E-state index contributed by atoms with van der Waals surface area (Å²) in [4.78, 5) is 14.5. The fourth-order valence-corrected chi connectivity index (χ4v) is 4.24. The molecule has 0 atom stereocenters. The van der Waals surface area contributed by atoms with Crippen molar-refractivity contribution in [3.8, 4) is 0 Å². The summed E-state index contributed by atoms with van der Waals surface area (Å²) < 4.78 is 27.0. The number of nitrogens with zero attached hydrogens (tertiary/aromatic N) is 1. The van der Waals surface area contributed by atoms with E-state index in [0.29, 0.717) is 16.8 Å². The van der Waals surface area contributed by atoms with Gasteiger partial charge in [-0.3, -0.25) is 10.2 Å². The zero-order valence-electron chi connectivity index (χ0n) is 14.8. The maximum absolute atomic E-state index is 12.7. The first kappa shape index (κ1) is 18.2. The van der Waals surface area contributed by atoms with Crippen LogP contribution in [0.25, 0.3) is 0 Å². The van der Waals surface area contributed by atoms with Crippen molar-refractivity contribution in [2.75, 3.05) is 0 Å². The lowest BCUT2D eigenvalue weighted by Gasteiger charge is -2.19. The Morgan fingerprint density at radius 3 is 1.92 bits per heavy atom. The molecule has 1 aromatic heterocycles. The van der Waals surface area contributed by atoms with Gasteiger partial charge in [0, 0.05) is 13.2 Å². The molecule has 0 aliphatic carbocycles. The molecule has 1 heterocycles. The average molecular weight is 349 g/mol. The summed E-state index contributed by atoms with van der Waals surface area (Å²) in [6, 6.07) is 3.32. The Hall–Kier alpha value is -2.12. The summed E-state index contributed by atoms with van der Waals surface area (Å²) in [7, 11) is -2.16. The van der Waals surface area contributed by atoms with Crippen LogP contribution in [0.4, 0.5) is 0 Å². The van der Waals surface area contributed by atoms with Gasteiger partial charge in [-0.2, -0.15) is 0 Å². The minimum atomic E-state index is -3.87. The zero-order chi connectivity index (χ0) is 18.2. The van der Waals surface area contributed by atoms with Crippen LogP contribution in [-0.4, -0.2) is 18.9 Å². The van der Waals surface area contributed by atoms with E-state index in [2.05, 4.69) is 10.3 Å². The molecule has 7 heteroatoms. The summed E-state index contributed by atoms with van der Waals surface area (Å²) in [5.41, 5.74) is 6.98. The van der Waals surface area contributed by atoms with Crippen molar-refractivity contribution in [2.45, 2.75) is 39.5 Å². The minimum absolute atomic E-state index is 0.218. The van der Waals surface area contributed by atoms with Crippen molar-refractivity contribution in [2.24, 2.45) is 7.05 Å². The largest absolute Gasteiger partial charge is 0.347 e. The third kappa shape index (κ3) is 3.09. The van der Waals surface area contributed by atoms with Crippen molar-refractivity contribution in [3.63, 3.8) is 0 Å². The molecule has 2 N–H and O–H groups in total. The molecule has 0 unspecified atom stereocenters. The standard InChI is InChI=1S/C17H23N3O3S/c1-10-11(2)13(4)16(14(5)12(10)3)24(22,23)19-18-17(21)15-8-7-9-20(15)6/h7-9,19H,1-6H3,(H,18,21). The van der Waals surface area contributed by atoms with Gasteiger partial charge in [0.2, 0.25) is 0 Å².